The molecule has 0 bridgehead atoms. The second-order valence-electron chi connectivity index (χ2n) is 4.38. The van der Waals surface area contributed by atoms with E-state index in [2.05, 4.69) is 4.98 Å². The Kier molecular flexibility index (Phi) is 4.16. The zero-order chi connectivity index (χ0) is 13.8. The van der Waals surface area contributed by atoms with Crippen LogP contribution in [-0.2, 0) is 11.3 Å². The molecule has 1 saturated carbocycles. The Labute approximate surface area is 109 Å². The largest absolute Gasteiger partial charge is 0.470 e. The lowest BCUT2D eigenvalue weighted by Gasteiger charge is -2.21. The molecule has 1 aromatic heterocycles. The first-order valence-corrected chi connectivity index (χ1v) is 6.07. The summed E-state index contributed by atoms with van der Waals surface area (Å²) in [6.07, 6.45) is 1.79. The number of carbonyl (C=O) groups excluding carboxylic acids is 1. The third-order valence-corrected chi connectivity index (χ3v) is 3.03. The van der Waals surface area contributed by atoms with Gasteiger partial charge in [0.1, 0.15) is 18.0 Å². The molecule has 2 atom stereocenters. The lowest BCUT2D eigenvalue weighted by atomic mass is 10.2. The van der Waals surface area contributed by atoms with Crippen LogP contribution in [0.15, 0.2) is 12.3 Å². The van der Waals surface area contributed by atoms with Crippen LogP contribution in [0.1, 0.15) is 24.8 Å². The molecule has 0 aliphatic heterocycles. The molecule has 6 nitrogen and oxygen atoms in total. The van der Waals surface area contributed by atoms with E-state index in [4.69, 9.17) is 20.9 Å². The summed E-state index contributed by atoms with van der Waals surface area (Å²) in [4.78, 5) is 14.7. The van der Waals surface area contributed by atoms with Gasteiger partial charge in [-0.05, 0) is 25.3 Å². The van der Waals surface area contributed by atoms with E-state index in [-0.39, 0.29) is 18.5 Å². The van der Waals surface area contributed by atoms with Crippen LogP contribution in [0.4, 0.5) is 9.18 Å². The first-order valence-electron chi connectivity index (χ1n) is 6.07. The Balaban J connectivity index is 2.09. The summed E-state index contributed by atoms with van der Waals surface area (Å²) < 4.78 is 23.7. The average Bonchev–Trinajstić information content (AvgIpc) is 2.78. The molecule has 7 heteroatoms. The summed E-state index contributed by atoms with van der Waals surface area (Å²) in [5, 5.41) is 0. The van der Waals surface area contributed by atoms with Gasteiger partial charge in [-0.1, -0.05) is 0 Å². The molecule has 1 aromatic rings. The van der Waals surface area contributed by atoms with Gasteiger partial charge in [0.15, 0.2) is 0 Å². The molecule has 1 aliphatic carbocycles. The van der Waals surface area contributed by atoms with Crippen LogP contribution in [0.2, 0.25) is 0 Å². The zero-order valence-corrected chi connectivity index (χ0v) is 10.3. The second-order valence-corrected chi connectivity index (χ2v) is 4.38. The van der Waals surface area contributed by atoms with Gasteiger partial charge in [-0.25, -0.2) is 14.2 Å². The van der Waals surface area contributed by atoms with E-state index < -0.39 is 18.0 Å². The van der Waals surface area contributed by atoms with E-state index >= 15 is 0 Å². The van der Waals surface area contributed by atoms with Crippen LogP contribution >= 0.6 is 0 Å². The highest BCUT2D eigenvalue weighted by Gasteiger charge is 2.32. The van der Waals surface area contributed by atoms with Crippen molar-refractivity contribution in [2.75, 3.05) is 0 Å². The number of ether oxygens (including phenoxy) is 2. The van der Waals surface area contributed by atoms with Gasteiger partial charge in [-0.15, -0.1) is 0 Å². The molecular weight excluding hydrogens is 253 g/mol. The summed E-state index contributed by atoms with van der Waals surface area (Å²) in [6.45, 7) is 0.119. The number of nitrogens with two attached hydrogens (primary N) is 2. The van der Waals surface area contributed by atoms with Crippen LogP contribution in [0, 0.1) is 5.82 Å². The fraction of sp³-hybridized carbons (Fsp3) is 0.500. The number of primary amides is 1. The van der Waals surface area contributed by atoms with Crippen LogP contribution in [-0.4, -0.2) is 23.3 Å². The molecule has 1 fully saturated rings. The Morgan fingerprint density at radius 3 is 2.89 bits per heavy atom. The van der Waals surface area contributed by atoms with E-state index in [0.717, 1.165) is 19.0 Å². The highest BCUT2D eigenvalue weighted by atomic mass is 19.1. The lowest BCUT2D eigenvalue weighted by molar-refractivity contribution is 0.0367. The first-order chi connectivity index (χ1) is 9.10. The van der Waals surface area contributed by atoms with Crippen LogP contribution in [0.5, 0.6) is 5.88 Å². The van der Waals surface area contributed by atoms with E-state index in [9.17, 15) is 9.18 Å². The molecule has 4 N–H and O–H groups in total. The predicted molar refractivity (Wildman–Crippen MR) is 64.8 cm³/mol. The Hall–Kier alpha value is -1.89. The smallest absolute Gasteiger partial charge is 0.404 e. The van der Waals surface area contributed by atoms with Crippen LogP contribution in [0.25, 0.3) is 0 Å². The van der Waals surface area contributed by atoms with E-state index in [1.165, 1.54) is 6.07 Å². The van der Waals surface area contributed by atoms with Gasteiger partial charge < -0.3 is 20.9 Å². The fourth-order valence-electron chi connectivity index (χ4n) is 2.18. The van der Waals surface area contributed by atoms with Crippen LogP contribution < -0.4 is 16.2 Å². The molecule has 1 heterocycles. The van der Waals surface area contributed by atoms with Gasteiger partial charge >= 0.3 is 6.09 Å². The molecule has 0 spiro atoms. The third kappa shape index (κ3) is 3.31. The maximum Gasteiger partial charge on any atom is 0.404 e. The maximum atomic E-state index is 13.0. The molecule has 0 radical (unpaired) electrons. The SMILES string of the molecule is NCc1cc(F)cnc1OC1CCCC1OC(N)=O. The number of hydrogen-bond acceptors (Lipinski definition) is 5. The summed E-state index contributed by atoms with van der Waals surface area (Å²) in [5.41, 5.74) is 11.0. The van der Waals surface area contributed by atoms with Crippen molar-refractivity contribution < 1.29 is 18.7 Å². The van der Waals surface area contributed by atoms with Crippen molar-refractivity contribution in [1.82, 2.24) is 4.98 Å². The number of amides is 1. The second kappa shape index (κ2) is 5.83. The van der Waals surface area contributed by atoms with Gasteiger partial charge in [-0.2, -0.15) is 0 Å². The highest BCUT2D eigenvalue weighted by Crippen LogP contribution is 2.27. The number of carbonyl (C=O) groups is 1. The standard InChI is InChI=1S/C12H16FN3O3/c13-8-4-7(5-14)11(16-6-8)18-9-2-1-3-10(9)19-12(15)17/h4,6,9-10H,1-3,5,14H2,(H2,15,17). The number of pyridine rings is 1. The summed E-state index contributed by atoms with van der Waals surface area (Å²) in [7, 11) is 0. The molecule has 104 valence electrons. The number of halogens is 1. The Morgan fingerprint density at radius 1 is 1.47 bits per heavy atom. The predicted octanol–water partition coefficient (Wildman–Crippen LogP) is 1.07. The number of rotatable bonds is 4. The first kappa shape index (κ1) is 13.5. The molecule has 2 unspecified atom stereocenters. The normalized spacial score (nSPS) is 22.2. The van der Waals surface area contributed by atoms with Gasteiger partial charge in [0.05, 0.1) is 6.20 Å². The molecular formula is C12H16FN3O3. The highest BCUT2D eigenvalue weighted by molar-refractivity contribution is 5.64. The van der Waals surface area contributed by atoms with E-state index in [1.54, 1.807) is 0 Å². The fourth-order valence-corrected chi connectivity index (χ4v) is 2.18. The quantitative estimate of drug-likeness (QED) is 0.851. The van der Waals surface area contributed by atoms with Crippen molar-refractivity contribution >= 4 is 6.09 Å². The van der Waals surface area contributed by atoms with Crippen molar-refractivity contribution in [2.45, 2.75) is 38.0 Å². The zero-order valence-electron chi connectivity index (χ0n) is 10.3. The van der Waals surface area contributed by atoms with Gasteiger partial charge in [-0.3, -0.25) is 0 Å². The van der Waals surface area contributed by atoms with Crippen molar-refractivity contribution in [3.05, 3.63) is 23.6 Å². The van der Waals surface area contributed by atoms with Crippen molar-refractivity contribution in [1.29, 1.82) is 0 Å². The van der Waals surface area contributed by atoms with Gasteiger partial charge in [0.25, 0.3) is 0 Å². The number of hydrogen-bond donors (Lipinski definition) is 2. The Bertz CT molecular complexity index is 470. The summed E-state index contributed by atoms with van der Waals surface area (Å²) >= 11 is 0. The molecule has 2 rings (SSSR count). The van der Waals surface area contributed by atoms with Crippen molar-refractivity contribution in [3.8, 4) is 5.88 Å². The maximum absolute atomic E-state index is 13.0. The number of aromatic nitrogens is 1. The minimum Gasteiger partial charge on any atom is -0.470 e. The van der Waals surface area contributed by atoms with Crippen molar-refractivity contribution in [3.63, 3.8) is 0 Å². The van der Waals surface area contributed by atoms with E-state index in [1.807, 2.05) is 0 Å². The average molecular weight is 269 g/mol. The Morgan fingerprint density at radius 2 is 2.21 bits per heavy atom. The molecule has 0 saturated heterocycles. The molecule has 19 heavy (non-hydrogen) atoms. The summed E-state index contributed by atoms with van der Waals surface area (Å²) in [6, 6.07) is 1.28. The van der Waals surface area contributed by atoms with E-state index in [0.29, 0.717) is 12.0 Å². The third-order valence-electron chi connectivity index (χ3n) is 3.03. The minimum absolute atomic E-state index is 0.119. The molecule has 1 amide bonds. The molecule has 1 aliphatic rings. The van der Waals surface area contributed by atoms with Gasteiger partial charge in [0, 0.05) is 12.1 Å². The summed E-state index contributed by atoms with van der Waals surface area (Å²) in [5.74, 6) is -0.196. The monoisotopic (exact) mass is 269 g/mol. The van der Waals surface area contributed by atoms with Gasteiger partial charge in [0.2, 0.25) is 5.88 Å². The van der Waals surface area contributed by atoms with Crippen molar-refractivity contribution in [2.24, 2.45) is 11.5 Å². The lowest BCUT2D eigenvalue weighted by Crippen LogP contribution is -2.33. The molecule has 0 aromatic carbocycles. The minimum atomic E-state index is -0.827. The van der Waals surface area contributed by atoms with Crippen LogP contribution in [0.3, 0.4) is 0 Å². The topological polar surface area (TPSA) is 100 Å². The number of nitrogens with zero attached hydrogens (tertiary/aromatic N) is 1.